The minimum Gasteiger partial charge on any atom is -0.496 e. The largest absolute Gasteiger partial charge is 0.496 e. The van der Waals surface area contributed by atoms with E-state index in [0.29, 0.717) is 17.9 Å². The number of rotatable bonds is 4. The molecule has 1 aromatic carbocycles. The van der Waals surface area contributed by atoms with Crippen LogP contribution < -0.4 is 4.74 Å². The monoisotopic (exact) mass is 191 g/mol. The van der Waals surface area contributed by atoms with E-state index in [2.05, 4.69) is 11.7 Å². The molecule has 1 aromatic rings. The third-order valence-corrected chi connectivity index (χ3v) is 1.88. The minimum absolute atomic E-state index is 0.511. The summed E-state index contributed by atoms with van der Waals surface area (Å²) in [6.45, 7) is 3.60. The molecule has 3 heteroatoms. The van der Waals surface area contributed by atoms with Crippen molar-refractivity contribution in [2.45, 2.75) is 6.42 Å². The highest BCUT2D eigenvalue weighted by molar-refractivity contribution is 6.03. The first kappa shape index (κ1) is 10.3. The zero-order valence-electron chi connectivity index (χ0n) is 8.10. The molecule has 0 spiro atoms. The maximum Gasteiger partial charge on any atom is 0.128 e. The van der Waals surface area contributed by atoms with Crippen LogP contribution in [0.4, 0.5) is 0 Å². The van der Waals surface area contributed by atoms with Gasteiger partial charge in [-0.05, 0) is 12.1 Å². The van der Waals surface area contributed by atoms with Crippen LogP contribution in [0.2, 0.25) is 0 Å². The van der Waals surface area contributed by atoms with Crippen molar-refractivity contribution >= 4 is 5.71 Å². The van der Waals surface area contributed by atoms with E-state index in [1.54, 1.807) is 13.2 Å². The normalized spacial score (nSPS) is 11.1. The number of para-hydroxylation sites is 1. The Morgan fingerprint density at radius 2 is 2.29 bits per heavy atom. The summed E-state index contributed by atoms with van der Waals surface area (Å²) < 4.78 is 5.15. The predicted octanol–water partition coefficient (Wildman–Crippen LogP) is 2.45. The van der Waals surface area contributed by atoms with Crippen LogP contribution in [0.5, 0.6) is 5.75 Å². The standard InChI is InChI=1S/C11H13NO2/c1-3-6-10(12-13)9-7-4-5-8-11(9)14-2/h3-5,7-8,13H,1,6H2,2H3/b12-10+. The molecule has 0 saturated carbocycles. The SMILES string of the molecule is C=CC/C(=N\O)c1ccccc1OC. The van der Waals surface area contributed by atoms with Crippen molar-refractivity contribution in [1.82, 2.24) is 0 Å². The molecule has 1 N–H and O–H groups in total. The van der Waals surface area contributed by atoms with E-state index in [0.717, 1.165) is 5.56 Å². The van der Waals surface area contributed by atoms with Crippen LogP contribution in [0, 0.1) is 0 Å². The van der Waals surface area contributed by atoms with Gasteiger partial charge in [0.1, 0.15) is 5.75 Å². The van der Waals surface area contributed by atoms with Gasteiger partial charge < -0.3 is 9.94 Å². The topological polar surface area (TPSA) is 41.8 Å². The molecule has 0 unspecified atom stereocenters. The maximum absolute atomic E-state index is 8.82. The number of hydrogen-bond donors (Lipinski definition) is 1. The van der Waals surface area contributed by atoms with Gasteiger partial charge in [0.2, 0.25) is 0 Å². The van der Waals surface area contributed by atoms with Crippen LogP contribution in [0.3, 0.4) is 0 Å². The summed E-state index contributed by atoms with van der Waals surface area (Å²) in [5, 5.41) is 12.0. The number of ether oxygens (including phenoxy) is 1. The predicted molar refractivity (Wildman–Crippen MR) is 56.1 cm³/mol. The Labute approximate surface area is 83.3 Å². The minimum atomic E-state index is 0.511. The molecule has 74 valence electrons. The molecule has 1 rings (SSSR count). The van der Waals surface area contributed by atoms with Crippen LogP contribution in [0.1, 0.15) is 12.0 Å². The van der Waals surface area contributed by atoms with Gasteiger partial charge in [-0.1, -0.05) is 23.4 Å². The second-order valence-corrected chi connectivity index (χ2v) is 2.74. The highest BCUT2D eigenvalue weighted by atomic mass is 16.5. The number of methoxy groups -OCH3 is 1. The molecule has 0 saturated heterocycles. The molecule has 14 heavy (non-hydrogen) atoms. The van der Waals surface area contributed by atoms with Gasteiger partial charge in [0.15, 0.2) is 0 Å². The van der Waals surface area contributed by atoms with Gasteiger partial charge in [0.05, 0.1) is 12.8 Å². The number of hydrogen-bond acceptors (Lipinski definition) is 3. The molecule has 0 heterocycles. The van der Waals surface area contributed by atoms with Crippen LogP contribution in [0.25, 0.3) is 0 Å². The first-order valence-electron chi connectivity index (χ1n) is 4.28. The Morgan fingerprint density at radius 3 is 2.86 bits per heavy atom. The summed E-state index contributed by atoms with van der Waals surface area (Å²) in [5.41, 5.74) is 1.34. The third-order valence-electron chi connectivity index (χ3n) is 1.88. The average Bonchev–Trinajstić information content (AvgIpc) is 2.26. The molecule has 0 aromatic heterocycles. The molecular formula is C11H13NO2. The summed E-state index contributed by atoms with van der Waals surface area (Å²) in [6, 6.07) is 7.40. The summed E-state index contributed by atoms with van der Waals surface area (Å²) in [5.74, 6) is 0.696. The molecule has 0 atom stereocenters. The summed E-state index contributed by atoms with van der Waals surface area (Å²) in [4.78, 5) is 0. The van der Waals surface area contributed by atoms with Gasteiger partial charge in [0, 0.05) is 12.0 Å². The van der Waals surface area contributed by atoms with Gasteiger partial charge >= 0.3 is 0 Å². The molecule has 3 nitrogen and oxygen atoms in total. The van der Waals surface area contributed by atoms with Crippen LogP contribution in [-0.2, 0) is 0 Å². The number of nitrogens with zero attached hydrogens (tertiary/aromatic N) is 1. The third kappa shape index (κ3) is 2.13. The summed E-state index contributed by atoms with van der Waals surface area (Å²) >= 11 is 0. The van der Waals surface area contributed by atoms with E-state index in [9.17, 15) is 0 Å². The zero-order chi connectivity index (χ0) is 10.4. The summed E-state index contributed by atoms with van der Waals surface area (Å²) in [6.07, 6.45) is 2.19. The second kappa shape index (κ2) is 5.07. The Kier molecular flexibility index (Phi) is 3.73. The highest BCUT2D eigenvalue weighted by Crippen LogP contribution is 2.19. The van der Waals surface area contributed by atoms with Crippen molar-refractivity contribution in [2.24, 2.45) is 5.16 Å². The molecular weight excluding hydrogens is 178 g/mol. The van der Waals surface area contributed by atoms with E-state index in [1.165, 1.54) is 0 Å². The smallest absolute Gasteiger partial charge is 0.128 e. The lowest BCUT2D eigenvalue weighted by atomic mass is 10.1. The van der Waals surface area contributed by atoms with Gasteiger partial charge in [-0.15, -0.1) is 6.58 Å². The number of allylic oxidation sites excluding steroid dienone is 1. The van der Waals surface area contributed by atoms with Gasteiger partial charge in [-0.25, -0.2) is 0 Å². The maximum atomic E-state index is 8.82. The Balaban J connectivity index is 3.09. The first-order valence-corrected chi connectivity index (χ1v) is 4.28. The quantitative estimate of drug-likeness (QED) is 0.344. The first-order chi connectivity index (χ1) is 6.83. The van der Waals surface area contributed by atoms with Crippen LogP contribution in [0.15, 0.2) is 42.1 Å². The van der Waals surface area contributed by atoms with Crippen molar-refractivity contribution in [3.8, 4) is 5.75 Å². The van der Waals surface area contributed by atoms with E-state index < -0.39 is 0 Å². The lowest BCUT2D eigenvalue weighted by Crippen LogP contribution is -2.02. The van der Waals surface area contributed by atoms with Gasteiger partial charge in [-0.3, -0.25) is 0 Å². The Bertz CT molecular complexity index is 345. The molecule has 0 aliphatic carbocycles. The lowest BCUT2D eigenvalue weighted by Gasteiger charge is -2.07. The second-order valence-electron chi connectivity index (χ2n) is 2.74. The van der Waals surface area contributed by atoms with Gasteiger partial charge in [-0.2, -0.15) is 0 Å². The van der Waals surface area contributed by atoms with Crippen molar-refractivity contribution < 1.29 is 9.94 Å². The molecule has 0 aliphatic rings. The van der Waals surface area contributed by atoms with E-state index in [-0.39, 0.29) is 0 Å². The van der Waals surface area contributed by atoms with Crippen LogP contribution >= 0.6 is 0 Å². The Hall–Kier alpha value is -1.77. The molecule has 0 bridgehead atoms. The van der Waals surface area contributed by atoms with Crippen LogP contribution in [-0.4, -0.2) is 18.0 Å². The fourth-order valence-corrected chi connectivity index (χ4v) is 1.22. The van der Waals surface area contributed by atoms with E-state index in [4.69, 9.17) is 9.94 Å². The Morgan fingerprint density at radius 1 is 1.57 bits per heavy atom. The molecule has 0 radical (unpaired) electrons. The average molecular weight is 191 g/mol. The molecule has 0 amide bonds. The van der Waals surface area contributed by atoms with Crippen molar-refractivity contribution in [1.29, 1.82) is 0 Å². The number of benzene rings is 1. The lowest BCUT2D eigenvalue weighted by molar-refractivity contribution is 0.318. The van der Waals surface area contributed by atoms with Crippen molar-refractivity contribution in [3.63, 3.8) is 0 Å². The number of oxime groups is 1. The van der Waals surface area contributed by atoms with Crippen molar-refractivity contribution in [2.75, 3.05) is 7.11 Å². The molecule has 0 aliphatic heterocycles. The van der Waals surface area contributed by atoms with E-state index in [1.807, 2.05) is 24.3 Å². The molecule has 0 fully saturated rings. The summed E-state index contributed by atoms with van der Waals surface area (Å²) in [7, 11) is 1.59. The fourth-order valence-electron chi connectivity index (χ4n) is 1.22. The highest BCUT2D eigenvalue weighted by Gasteiger charge is 2.07. The van der Waals surface area contributed by atoms with Crippen molar-refractivity contribution in [3.05, 3.63) is 42.5 Å². The van der Waals surface area contributed by atoms with E-state index >= 15 is 0 Å². The van der Waals surface area contributed by atoms with Gasteiger partial charge in [0.25, 0.3) is 0 Å². The zero-order valence-corrected chi connectivity index (χ0v) is 8.10. The fraction of sp³-hybridized carbons (Fsp3) is 0.182.